The topological polar surface area (TPSA) is 76.1 Å². The number of rotatable bonds is 6. The molecule has 7 heteroatoms. The van der Waals surface area contributed by atoms with Crippen LogP contribution in [-0.2, 0) is 26.5 Å². The molecule has 6 nitrogen and oxygen atoms in total. The lowest BCUT2D eigenvalue weighted by Crippen LogP contribution is -2.47. The van der Waals surface area contributed by atoms with Crippen molar-refractivity contribution < 1.29 is 24.2 Å². The van der Waals surface area contributed by atoms with E-state index in [0.717, 1.165) is 15.6 Å². The molecular formula is C21H22BrNO5. The standard InChI is InChI=1S/C21H22BrNO5/c22-18-8-4-7-17(13-18)21(28-15-19(24)25)9-11-23(12-10-21)20(26)27-14-16-5-2-1-3-6-16/h1-8,13H,9-12,14-15H2,(H,24,25). The van der Waals surface area contributed by atoms with E-state index in [-0.39, 0.29) is 19.3 Å². The first-order chi connectivity index (χ1) is 13.5. The third-order valence-electron chi connectivity index (χ3n) is 4.86. The molecule has 148 valence electrons. The van der Waals surface area contributed by atoms with Crippen molar-refractivity contribution in [2.24, 2.45) is 0 Å². The van der Waals surface area contributed by atoms with Gasteiger partial charge in [-0.15, -0.1) is 0 Å². The van der Waals surface area contributed by atoms with Crippen LogP contribution in [0.2, 0.25) is 0 Å². The Morgan fingerprint density at radius 3 is 2.43 bits per heavy atom. The van der Waals surface area contributed by atoms with Crippen LogP contribution in [0.4, 0.5) is 4.79 Å². The number of halogens is 1. The molecule has 0 unspecified atom stereocenters. The normalized spacial score (nSPS) is 15.8. The van der Waals surface area contributed by atoms with Crippen LogP contribution in [0, 0.1) is 0 Å². The smallest absolute Gasteiger partial charge is 0.410 e. The van der Waals surface area contributed by atoms with Crippen molar-refractivity contribution in [3.8, 4) is 0 Å². The average Bonchev–Trinajstić information content (AvgIpc) is 2.71. The SMILES string of the molecule is O=C(O)COC1(c2cccc(Br)c2)CCN(C(=O)OCc2ccccc2)CC1. The van der Waals surface area contributed by atoms with Crippen molar-refractivity contribution in [3.63, 3.8) is 0 Å². The summed E-state index contributed by atoms with van der Waals surface area (Å²) in [6, 6.07) is 17.2. The van der Waals surface area contributed by atoms with E-state index in [4.69, 9.17) is 14.6 Å². The van der Waals surface area contributed by atoms with E-state index < -0.39 is 11.6 Å². The number of benzene rings is 2. The molecule has 2 aromatic rings. The molecule has 1 amide bonds. The highest BCUT2D eigenvalue weighted by atomic mass is 79.9. The number of carbonyl (C=O) groups excluding carboxylic acids is 1. The number of piperidine rings is 1. The fraction of sp³-hybridized carbons (Fsp3) is 0.333. The van der Waals surface area contributed by atoms with Crippen molar-refractivity contribution >= 4 is 28.0 Å². The minimum atomic E-state index is -1.01. The number of hydrogen-bond acceptors (Lipinski definition) is 4. The van der Waals surface area contributed by atoms with Crippen LogP contribution >= 0.6 is 15.9 Å². The maximum absolute atomic E-state index is 12.4. The van der Waals surface area contributed by atoms with Crippen LogP contribution in [0.25, 0.3) is 0 Å². The highest BCUT2D eigenvalue weighted by molar-refractivity contribution is 9.10. The fourth-order valence-electron chi connectivity index (χ4n) is 3.35. The van der Waals surface area contributed by atoms with Crippen LogP contribution in [0.3, 0.4) is 0 Å². The zero-order chi connectivity index (χ0) is 20.0. The summed E-state index contributed by atoms with van der Waals surface area (Å²) >= 11 is 3.45. The van der Waals surface area contributed by atoms with Crippen molar-refractivity contribution in [1.82, 2.24) is 4.90 Å². The number of carboxylic acids is 1. The lowest BCUT2D eigenvalue weighted by atomic mass is 9.84. The largest absolute Gasteiger partial charge is 0.480 e. The van der Waals surface area contributed by atoms with Gasteiger partial charge < -0.3 is 19.5 Å². The predicted octanol–water partition coefficient (Wildman–Crippen LogP) is 4.18. The lowest BCUT2D eigenvalue weighted by molar-refractivity contribution is -0.154. The van der Waals surface area contributed by atoms with E-state index in [1.807, 2.05) is 54.6 Å². The van der Waals surface area contributed by atoms with E-state index in [0.29, 0.717) is 25.9 Å². The second-order valence-corrected chi connectivity index (χ2v) is 7.63. The van der Waals surface area contributed by atoms with Gasteiger partial charge in [-0.25, -0.2) is 9.59 Å². The summed E-state index contributed by atoms with van der Waals surface area (Å²) in [5, 5.41) is 9.06. The van der Waals surface area contributed by atoms with Gasteiger partial charge in [-0.1, -0.05) is 58.4 Å². The van der Waals surface area contributed by atoms with Gasteiger partial charge in [0, 0.05) is 17.6 Å². The van der Waals surface area contributed by atoms with Gasteiger partial charge in [0.05, 0.1) is 5.60 Å². The van der Waals surface area contributed by atoms with Gasteiger partial charge in [0.2, 0.25) is 0 Å². The lowest BCUT2D eigenvalue weighted by Gasteiger charge is -2.41. The Bertz CT molecular complexity index is 819. The quantitative estimate of drug-likeness (QED) is 0.718. The first-order valence-corrected chi connectivity index (χ1v) is 9.85. The third kappa shape index (κ3) is 5.11. The summed E-state index contributed by atoms with van der Waals surface area (Å²) in [5.74, 6) is -1.01. The minimum absolute atomic E-state index is 0.225. The molecule has 0 atom stereocenters. The molecule has 2 aromatic carbocycles. The fourth-order valence-corrected chi connectivity index (χ4v) is 3.75. The molecule has 1 saturated heterocycles. The van der Waals surface area contributed by atoms with E-state index in [1.165, 1.54) is 0 Å². The first-order valence-electron chi connectivity index (χ1n) is 9.06. The second kappa shape index (κ2) is 9.21. The summed E-state index contributed by atoms with van der Waals surface area (Å²) in [5.41, 5.74) is 1.10. The predicted molar refractivity (Wildman–Crippen MR) is 107 cm³/mol. The van der Waals surface area contributed by atoms with Crippen molar-refractivity contribution in [3.05, 3.63) is 70.2 Å². The van der Waals surface area contributed by atoms with E-state index in [9.17, 15) is 9.59 Å². The van der Waals surface area contributed by atoms with Gasteiger partial charge in [-0.05, 0) is 36.1 Å². The number of aliphatic carboxylic acids is 1. The number of carboxylic acid groups (broad SMARTS) is 1. The maximum Gasteiger partial charge on any atom is 0.410 e. The number of ether oxygens (including phenoxy) is 2. The summed E-state index contributed by atoms with van der Waals surface area (Å²) in [7, 11) is 0. The van der Waals surface area contributed by atoms with Gasteiger partial charge >= 0.3 is 12.1 Å². The molecule has 0 aliphatic carbocycles. The van der Waals surface area contributed by atoms with E-state index in [2.05, 4.69) is 15.9 Å². The molecule has 28 heavy (non-hydrogen) atoms. The highest BCUT2D eigenvalue weighted by Crippen LogP contribution is 2.38. The average molecular weight is 448 g/mol. The molecule has 0 bridgehead atoms. The van der Waals surface area contributed by atoms with Crippen molar-refractivity contribution in [2.75, 3.05) is 19.7 Å². The van der Waals surface area contributed by atoms with Gasteiger partial charge in [0.1, 0.15) is 13.2 Å². The zero-order valence-corrected chi connectivity index (χ0v) is 16.9. The maximum atomic E-state index is 12.4. The first kappa shape index (κ1) is 20.4. The molecular weight excluding hydrogens is 426 g/mol. The number of amides is 1. The van der Waals surface area contributed by atoms with Gasteiger partial charge in [0.15, 0.2) is 0 Å². The molecule has 1 aliphatic rings. The van der Waals surface area contributed by atoms with Gasteiger partial charge in [-0.2, -0.15) is 0 Å². The number of nitrogens with zero attached hydrogens (tertiary/aromatic N) is 1. The zero-order valence-electron chi connectivity index (χ0n) is 15.3. The van der Waals surface area contributed by atoms with Crippen LogP contribution < -0.4 is 0 Å². The Morgan fingerprint density at radius 1 is 1.07 bits per heavy atom. The van der Waals surface area contributed by atoms with Crippen molar-refractivity contribution in [1.29, 1.82) is 0 Å². The summed E-state index contributed by atoms with van der Waals surface area (Å²) in [6.07, 6.45) is 0.624. The Kier molecular flexibility index (Phi) is 6.70. The molecule has 0 saturated carbocycles. The van der Waals surface area contributed by atoms with Gasteiger partial charge in [0.25, 0.3) is 0 Å². The van der Waals surface area contributed by atoms with E-state index in [1.54, 1.807) is 4.90 Å². The number of carbonyl (C=O) groups is 2. The molecule has 0 aromatic heterocycles. The van der Waals surface area contributed by atoms with Crippen LogP contribution in [0.5, 0.6) is 0 Å². The third-order valence-corrected chi connectivity index (χ3v) is 5.35. The molecule has 1 N–H and O–H groups in total. The summed E-state index contributed by atoms with van der Waals surface area (Å²) in [4.78, 5) is 25.1. The van der Waals surface area contributed by atoms with E-state index >= 15 is 0 Å². The minimum Gasteiger partial charge on any atom is -0.480 e. The summed E-state index contributed by atoms with van der Waals surface area (Å²) < 4.78 is 12.1. The molecule has 1 fully saturated rings. The number of likely N-dealkylation sites (tertiary alicyclic amines) is 1. The van der Waals surface area contributed by atoms with Crippen LogP contribution in [-0.4, -0.2) is 41.8 Å². The highest BCUT2D eigenvalue weighted by Gasteiger charge is 2.39. The molecule has 0 spiro atoms. The van der Waals surface area contributed by atoms with Crippen LogP contribution in [0.1, 0.15) is 24.0 Å². The summed E-state index contributed by atoms with van der Waals surface area (Å²) in [6.45, 7) is 0.701. The monoisotopic (exact) mass is 447 g/mol. The van der Waals surface area contributed by atoms with Gasteiger partial charge in [-0.3, -0.25) is 0 Å². The molecule has 3 rings (SSSR count). The molecule has 1 heterocycles. The number of hydrogen-bond donors (Lipinski definition) is 1. The Hall–Kier alpha value is -2.38. The molecule has 1 aliphatic heterocycles. The Balaban J connectivity index is 1.65. The molecule has 0 radical (unpaired) electrons. The Labute approximate surface area is 172 Å². The Morgan fingerprint density at radius 2 is 1.79 bits per heavy atom. The van der Waals surface area contributed by atoms with Crippen LogP contribution in [0.15, 0.2) is 59.1 Å². The second-order valence-electron chi connectivity index (χ2n) is 6.71. The van der Waals surface area contributed by atoms with Crippen molar-refractivity contribution in [2.45, 2.75) is 25.0 Å².